The minimum absolute atomic E-state index is 0.0243. The Bertz CT molecular complexity index is 195. The van der Waals surface area contributed by atoms with Crippen molar-refractivity contribution < 1.29 is 9.90 Å². The molecule has 1 heterocycles. The molecule has 0 aromatic rings. The van der Waals surface area contributed by atoms with Crippen LogP contribution >= 0.6 is 11.8 Å². The van der Waals surface area contributed by atoms with Gasteiger partial charge < -0.3 is 5.11 Å². The minimum Gasteiger partial charge on any atom is -0.481 e. The van der Waals surface area contributed by atoms with Crippen molar-refractivity contribution in [3.63, 3.8) is 0 Å². The number of hydrogen-bond donors (Lipinski definition) is 1. The van der Waals surface area contributed by atoms with Gasteiger partial charge in [0.2, 0.25) is 0 Å². The van der Waals surface area contributed by atoms with E-state index in [1.807, 2.05) is 11.8 Å². The summed E-state index contributed by atoms with van der Waals surface area (Å²) in [4.78, 5) is 11.1. The molecular weight excluding hydrogens is 184 g/mol. The Morgan fingerprint density at radius 2 is 2.08 bits per heavy atom. The molecule has 1 aliphatic heterocycles. The molecule has 1 saturated heterocycles. The predicted molar refractivity (Wildman–Crippen MR) is 53.9 cm³/mol. The second-order valence-electron chi connectivity index (χ2n) is 4.18. The standard InChI is InChI=1S/C10H16O2S/c11-10(12)9(7-2-1-3-7)8-4-5-13-6-8/h7-9H,1-6H2,(H,11,12). The van der Waals surface area contributed by atoms with Gasteiger partial charge >= 0.3 is 5.97 Å². The molecule has 0 aromatic carbocycles. The highest BCUT2D eigenvalue weighted by Gasteiger charge is 2.39. The molecule has 0 radical (unpaired) electrons. The number of thioether (sulfide) groups is 1. The van der Waals surface area contributed by atoms with E-state index in [1.54, 1.807) is 0 Å². The molecule has 0 amide bonds. The molecule has 1 N–H and O–H groups in total. The Kier molecular flexibility index (Phi) is 2.82. The summed E-state index contributed by atoms with van der Waals surface area (Å²) in [6, 6.07) is 0. The first-order valence-corrected chi connectivity index (χ1v) is 6.25. The van der Waals surface area contributed by atoms with Crippen LogP contribution in [-0.4, -0.2) is 22.6 Å². The zero-order valence-corrected chi connectivity index (χ0v) is 8.55. The topological polar surface area (TPSA) is 37.3 Å². The monoisotopic (exact) mass is 200 g/mol. The predicted octanol–water partition coefficient (Wildman–Crippen LogP) is 2.24. The first kappa shape index (κ1) is 9.38. The van der Waals surface area contributed by atoms with Crippen LogP contribution in [0.1, 0.15) is 25.7 Å². The SMILES string of the molecule is O=C(O)C(C1CCC1)C1CCSC1. The van der Waals surface area contributed by atoms with Crippen molar-refractivity contribution in [1.29, 1.82) is 0 Å². The van der Waals surface area contributed by atoms with Crippen molar-refractivity contribution in [3.8, 4) is 0 Å². The molecule has 13 heavy (non-hydrogen) atoms. The average molecular weight is 200 g/mol. The molecule has 2 nitrogen and oxygen atoms in total. The fraction of sp³-hybridized carbons (Fsp3) is 0.900. The van der Waals surface area contributed by atoms with Gasteiger partial charge in [-0.15, -0.1) is 0 Å². The zero-order valence-electron chi connectivity index (χ0n) is 7.74. The van der Waals surface area contributed by atoms with Crippen LogP contribution < -0.4 is 0 Å². The fourth-order valence-electron chi connectivity index (χ4n) is 2.42. The third-order valence-corrected chi connectivity index (χ3v) is 4.60. The van der Waals surface area contributed by atoms with Gasteiger partial charge in [0.25, 0.3) is 0 Å². The number of rotatable bonds is 3. The van der Waals surface area contributed by atoms with Crippen molar-refractivity contribution in [1.82, 2.24) is 0 Å². The van der Waals surface area contributed by atoms with Gasteiger partial charge in [-0.3, -0.25) is 4.79 Å². The fourth-order valence-corrected chi connectivity index (χ4v) is 3.74. The van der Waals surface area contributed by atoms with Gasteiger partial charge in [0.1, 0.15) is 0 Å². The van der Waals surface area contributed by atoms with Crippen molar-refractivity contribution in [3.05, 3.63) is 0 Å². The van der Waals surface area contributed by atoms with Crippen LogP contribution in [0.2, 0.25) is 0 Å². The third-order valence-electron chi connectivity index (χ3n) is 3.42. The van der Waals surface area contributed by atoms with Crippen LogP contribution in [0.4, 0.5) is 0 Å². The summed E-state index contributed by atoms with van der Waals surface area (Å²) in [7, 11) is 0. The third kappa shape index (κ3) is 1.85. The maximum Gasteiger partial charge on any atom is 0.307 e. The molecule has 2 atom stereocenters. The highest BCUT2D eigenvalue weighted by molar-refractivity contribution is 7.99. The molecule has 1 aliphatic carbocycles. The van der Waals surface area contributed by atoms with Crippen molar-refractivity contribution >= 4 is 17.7 Å². The summed E-state index contributed by atoms with van der Waals surface area (Å²) in [5.74, 6) is 2.64. The quantitative estimate of drug-likeness (QED) is 0.759. The van der Waals surface area contributed by atoms with Crippen molar-refractivity contribution in [2.75, 3.05) is 11.5 Å². The molecule has 0 bridgehead atoms. The first-order valence-electron chi connectivity index (χ1n) is 5.09. The minimum atomic E-state index is -0.544. The summed E-state index contributed by atoms with van der Waals surface area (Å²) < 4.78 is 0. The Labute approximate surface area is 83.1 Å². The first-order chi connectivity index (χ1) is 6.29. The molecule has 1 saturated carbocycles. The lowest BCUT2D eigenvalue weighted by Gasteiger charge is -2.34. The largest absolute Gasteiger partial charge is 0.481 e. The van der Waals surface area contributed by atoms with Crippen LogP contribution in [-0.2, 0) is 4.79 Å². The molecule has 3 heteroatoms. The molecular formula is C10H16O2S. The smallest absolute Gasteiger partial charge is 0.307 e. The van der Waals surface area contributed by atoms with Gasteiger partial charge in [-0.25, -0.2) is 0 Å². The number of aliphatic carboxylic acids is 1. The lowest BCUT2D eigenvalue weighted by Crippen LogP contribution is -2.34. The summed E-state index contributed by atoms with van der Waals surface area (Å²) in [5, 5.41) is 9.16. The molecule has 2 fully saturated rings. The number of hydrogen-bond acceptors (Lipinski definition) is 2. The molecule has 2 unspecified atom stereocenters. The second kappa shape index (κ2) is 3.91. The maximum atomic E-state index is 11.1. The van der Waals surface area contributed by atoms with Gasteiger partial charge in [0, 0.05) is 0 Å². The summed E-state index contributed by atoms with van der Waals surface area (Å²) in [6.07, 6.45) is 4.67. The van der Waals surface area contributed by atoms with Gasteiger partial charge in [-0.1, -0.05) is 6.42 Å². The van der Waals surface area contributed by atoms with Gasteiger partial charge in [0.15, 0.2) is 0 Å². The molecule has 74 valence electrons. The van der Waals surface area contributed by atoms with Crippen molar-refractivity contribution in [2.45, 2.75) is 25.7 Å². The van der Waals surface area contributed by atoms with Crippen LogP contribution in [0.15, 0.2) is 0 Å². The molecule has 2 rings (SSSR count). The van der Waals surface area contributed by atoms with E-state index < -0.39 is 5.97 Å². The van der Waals surface area contributed by atoms with Crippen LogP contribution in [0.5, 0.6) is 0 Å². The summed E-state index contributed by atoms with van der Waals surface area (Å²) >= 11 is 1.92. The van der Waals surface area contributed by atoms with Gasteiger partial charge in [0.05, 0.1) is 5.92 Å². The number of carboxylic acids is 1. The summed E-state index contributed by atoms with van der Waals surface area (Å²) in [6.45, 7) is 0. The van der Waals surface area contributed by atoms with Gasteiger partial charge in [-0.05, 0) is 42.6 Å². The molecule has 0 aromatic heterocycles. The Balaban J connectivity index is 1.98. The van der Waals surface area contributed by atoms with Crippen molar-refractivity contribution in [2.24, 2.45) is 17.8 Å². The van der Waals surface area contributed by atoms with E-state index >= 15 is 0 Å². The second-order valence-corrected chi connectivity index (χ2v) is 5.33. The van der Waals surface area contributed by atoms with E-state index in [0.717, 1.165) is 25.0 Å². The maximum absolute atomic E-state index is 11.1. The van der Waals surface area contributed by atoms with Crippen LogP contribution in [0, 0.1) is 17.8 Å². The Hall–Kier alpha value is -0.180. The van der Waals surface area contributed by atoms with Crippen LogP contribution in [0.3, 0.4) is 0 Å². The number of carboxylic acid groups (broad SMARTS) is 1. The molecule has 0 spiro atoms. The normalized spacial score (nSPS) is 31.2. The molecule has 2 aliphatic rings. The van der Waals surface area contributed by atoms with E-state index in [0.29, 0.717) is 11.8 Å². The zero-order chi connectivity index (χ0) is 9.26. The highest BCUT2D eigenvalue weighted by Crippen LogP contribution is 2.42. The van der Waals surface area contributed by atoms with E-state index in [1.165, 1.54) is 12.2 Å². The Morgan fingerprint density at radius 3 is 2.46 bits per heavy atom. The van der Waals surface area contributed by atoms with E-state index in [-0.39, 0.29) is 5.92 Å². The van der Waals surface area contributed by atoms with E-state index in [2.05, 4.69) is 0 Å². The Morgan fingerprint density at radius 1 is 1.31 bits per heavy atom. The lowest BCUT2D eigenvalue weighted by atomic mass is 9.70. The number of carbonyl (C=O) groups is 1. The van der Waals surface area contributed by atoms with E-state index in [4.69, 9.17) is 5.11 Å². The van der Waals surface area contributed by atoms with E-state index in [9.17, 15) is 4.79 Å². The highest BCUT2D eigenvalue weighted by atomic mass is 32.2. The van der Waals surface area contributed by atoms with Crippen LogP contribution in [0.25, 0.3) is 0 Å². The van der Waals surface area contributed by atoms with Gasteiger partial charge in [-0.2, -0.15) is 11.8 Å². The lowest BCUT2D eigenvalue weighted by molar-refractivity contribution is -0.147. The summed E-state index contributed by atoms with van der Waals surface area (Å²) in [5.41, 5.74) is 0. The average Bonchev–Trinajstić information content (AvgIpc) is 2.46.